The number of benzene rings is 2. The van der Waals surface area contributed by atoms with Gasteiger partial charge < -0.3 is 56.4 Å². The van der Waals surface area contributed by atoms with Crippen molar-refractivity contribution in [3.8, 4) is 11.4 Å². The van der Waals surface area contributed by atoms with Gasteiger partial charge in [0, 0.05) is 30.8 Å². The van der Waals surface area contributed by atoms with E-state index < -0.39 is 35.8 Å². The monoisotopic (exact) mass is 838 g/mol. The molecular weight excluding hydrogens is 780 g/mol. The van der Waals surface area contributed by atoms with Crippen molar-refractivity contribution in [1.82, 2.24) is 41.7 Å². The summed E-state index contributed by atoms with van der Waals surface area (Å²) < 4.78 is 22.0. The summed E-state index contributed by atoms with van der Waals surface area (Å²) in [5.41, 5.74) is 7.89. The lowest BCUT2D eigenvalue weighted by atomic mass is 10.0. The van der Waals surface area contributed by atoms with Crippen LogP contribution >= 0.6 is 0 Å². The first-order valence-corrected chi connectivity index (χ1v) is 19.8. The number of urea groups is 1. The first-order valence-electron chi connectivity index (χ1n) is 19.8. The van der Waals surface area contributed by atoms with E-state index in [2.05, 4.69) is 47.0 Å². The maximum atomic E-state index is 13.3. The molecule has 1 heterocycles. The summed E-state index contributed by atoms with van der Waals surface area (Å²) >= 11 is 0. The number of aromatic nitrogens is 4. The fraction of sp³-hybridized carbons (Fsp3) is 0.525. The highest BCUT2D eigenvalue weighted by molar-refractivity contribution is 5.98. The number of aliphatic hydroxyl groups is 1. The molecule has 0 aliphatic carbocycles. The van der Waals surface area contributed by atoms with E-state index in [0.29, 0.717) is 75.5 Å². The van der Waals surface area contributed by atoms with Gasteiger partial charge in [0.1, 0.15) is 12.1 Å². The summed E-state index contributed by atoms with van der Waals surface area (Å²) in [5, 5.41) is 38.6. The molecule has 0 saturated carbocycles. The molecule has 0 unspecified atom stereocenters. The second-order valence-corrected chi connectivity index (χ2v) is 13.8. The molecule has 2 aromatic carbocycles. The lowest BCUT2D eigenvalue weighted by molar-refractivity contribution is -0.132. The summed E-state index contributed by atoms with van der Waals surface area (Å²) in [7, 11) is 0. The van der Waals surface area contributed by atoms with Gasteiger partial charge in [0.2, 0.25) is 29.5 Å². The SMILES string of the molecule is Cc1nnc(-c2ccc(CC(=O)NCCOCCOCCOCCOCCC(=O)N[C@H](C(=O)N[C@@H](CCCNC(N)=O)C(=O)Nc3ccc(CO)cc3)C(C)C)cc2)nn1. The number of hydrogen-bond acceptors (Lipinski definition) is 14. The number of nitrogens with two attached hydrogens (primary N) is 1. The molecule has 20 heteroatoms. The minimum Gasteiger partial charge on any atom is -0.392 e. The number of carbonyl (C=O) groups is 5. The van der Waals surface area contributed by atoms with Gasteiger partial charge in [-0.1, -0.05) is 50.2 Å². The number of amides is 6. The average Bonchev–Trinajstić information content (AvgIpc) is 3.23. The molecule has 60 heavy (non-hydrogen) atoms. The highest BCUT2D eigenvalue weighted by Gasteiger charge is 2.29. The van der Waals surface area contributed by atoms with E-state index >= 15 is 0 Å². The zero-order chi connectivity index (χ0) is 43.5. The van der Waals surface area contributed by atoms with Crippen molar-refractivity contribution in [2.45, 2.75) is 65.1 Å². The molecule has 0 saturated heterocycles. The molecule has 0 radical (unpaired) electrons. The average molecular weight is 839 g/mol. The number of hydrogen-bond donors (Lipinski definition) is 7. The standard InChI is InChI=1S/C40H58N10O10/c1-27(2)36(39(55)45-33(5-4-15-43-40(41)56)38(54)44-32-12-8-30(26-51)9-13-32)46-34(52)14-17-57-19-21-59-23-24-60-22-20-58-18-16-42-35(53)25-29-6-10-31(11-7-29)37-49-47-28(3)48-50-37/h6-13,27,33,36,51H,4-5,14-26H2,1-3H3,(H,42,53)(H,44,54)(H,45,55)(H,46,52)(H3,41,43,56)/t33-,36-/m0/s1. The first kappa shape index (κ1) is 48.7. The Morgan fingerprint density at radius 3 is 1.85 bits per heavy atom. The Morgan fingerprint density at radius 2 is 1.27 bits per heavy atom. The fourth-order valence-corrected chi connectivity index (χ4v) is 5.36. The molecule has 0 aliphatic heterocycles. The lowest BCUT2D eigenvalue weighted by Gasteiger charge is -2.25. The van der Waals surface area contributed by atoms with Crippen molar-refractivity contribution < 1.29 is 48.0 Å². The molecule has 6 amide bonds. The van der Waals surface area contributed by atoms with Gasteiger partial charge in [-0.2, -0.15) is 0 Å². The molecule has 1 aromatic heterocycles. The maximum Gasteiger partial charge on any atom is 0.312 e. The predicted molar refractivity (Wildman–Crippen MR) is 219 cm³/mol. The third-order valence-corrected chi connectivity index (χ3v) is 8.59. The number of anilines is 1. The molecule has 0 aliphatic rings. The van der Waals surface area contributed by atoms with Crippen LogP contribution in [0.4, 0.5) is 10.5 Å². The molecule has 20 nitrogen and oxygen atoms in total. The van der Waals surface area contributed by atoms with Crippen LogP contribution in [-0.4, -0.2) is 133 Å². The molecule has 0 fully saturated rings. The van der Waals surface area contributed by atoms with Crippen LogP contribution in [0, 0.1) is 12.8 Å². The molecule has 0 bridgehead atoms. The van der Waals surface area contributed by atoms with Crippen molar-refractivity contribution in [2.75, 3.05) is 71.3 Å². The van der Waals surface area contributed by atoms with E-state index in [0.717, 1.165) is 11.1 Å². The van der Waals surface area contributed by atoms with Gasteiger partial charge in [-0.25, -0.2) is 4.79 Å². The summed E-state index contributed by atoms with van der Waals surface area (Å²) in [6.07, 6.45) is 0.768. The van der Waals surface area contributed by atoms with Gasteiger partial charge in [0.25, 0.3) is 0 Å². The van der Waals surface area contributed by atoms with Crippen LogP contribution in [0.25, 0.3) is 11.4 Å². The first-order chi connectivity index (χ1) is 28.9. The van der Waals surface area contributed by atoms with Crippen molar-refractivity contribution in [3.05, 3.63) is 65.5 Å². The van der Waals surface area contributed by atoms with Crippen LogP contribution < -0.4 is 32.3 Å². The third kappa shape index (κ3) is 19.9. The van der Waals surface area contributed by atoms with Crippen molar-refractivity contribution >= 4 is 35.3 Å². The largest absolute Gasteiger partial charge is 0.392 e. The van der Waals surface area contributed by atoms with Gasteiger partial charge in [-0.15, -0.1) is 20.4 Å². The van der Waals surface area contributed by atoms with E-state index in [1.54, 1.807) is 45.0 Å². The Kier molecular flexibility index (Phi) is 22.7. The van der Waals surface area contributed by atoms with Gasteiger partial charge in [-0.3, -0.25) is 19.2 Å². The van der Waals surface area contributed by atoms with E-state index in [1.165, 1.54) is 0 Å². The van der Waals surface area contributed by atoms with Crippen LogP contribution in [0.3, 0.4) is 0 Å². The van der Waals surface area contributed by atoms with Crippen molar-refractivity contribution in [2.24, 2.45) is 11.7 Å². The quantitative estimate of drug-likeness (QED) is 0.0471. The van der Waals surface area contributed by atoms with Crippen LogP contribution in [0.2, 0.25) is 0 Å². The zero-order valence-corrected chi connectivity index (χ0v) is 34.4. The highest BCUT2D eigenvalue weighted by Crippen LogP contribution is 2.15. The van der Waals surface area contributed by atoms with E-state index in [1.807, 2.05) is 24.3 Å². The third-order valence-electron chi connectivity index (χ3n) is 8.59. The van der Waals surface area contributed by atoms with Crippen molar-refractivity contribution in [1.29, 1.82) is 0 Å². The number of carbonyl (C=O) groups excluding carboxylic acids is 5. The fourth-order valence-electron chi connectivity index (χ4n) is 5.36. The second-order valence-electron chi connectivity index (χ2n) is 13.8. The van der Waals surface area contributed by atoms with E-state index in [-0.39, 0.29) is 57.5 Å². The van der Waals surface area contributed by atoms with E-state index in [9.17, 15) is 29.1 Å². The number of nitrogens with zero attached hydrogens (tertiary/aromatic N) is 4. The van der Waals surface area contributed by atoms with Crippen molar-refractivity contribution in [3.63, 3.8) is 0 Å². The van der Waals surface area contributed by atoms with Gasteiger partial charge in [0.15, 0.2) is 5.82 Å². The Bertz CT molecular complexity index is 1750. The topological polar surface area (TPSA) is 280 Å². The van der Waals surface area contributed by atoms with Gasteiger partial charge in [-0.05, 0) is 48.9 Å². The number of nitrogens with one attached hydrogen (secondary N) is 5. The summed E-state index contributed by atoms with van der Waals surface area (Å²) in [6.45, 7) is 8.11. The number of aryl methyl sites for hydroxylation is 1. The highest BCUT2D eigenvalue weighted by atomic mass is 16.6. The molecule has 328 valence electrons. The predicted octanol–water partition coefficient (Wildman–Crippen LogP) is 0.562. The molecule has 8 N–H and O–H groups in total. The molecular formula is C40H58N10O10. The molecule has 3 aromatic rings. The van der Waals surface area contributed by atoms with Gasteiger partial charge in [0.05, 0.1) is 65.9 Å². The number of rotatable bonds is 29. The van der Waals surface area contributed by atoms with Crippen LogP contribution in [-0.2, 0) is 51.2 Å². The Labute approximate surface area is 349 Å². The normalized spacial score (nSPS) is 12.0. The number of ether oxygens (including phenoxy) is 4. The molecule has 0 spiro atoms. The van der Waals surface area contributed by atoms with Crippen LogP contribution in [0.15, 0.2) is 48.5 Å². The Balaban J connectivity index is 1.21. The number of aliphatic hydroxyl groups excluding tert-OH is 1. The minimum absolute atomic E-state index is 0.00525. The smallest absolute Gasteiger partial charge is 0.312 e. The Hall–Kier alpha value is -5.67. The van der Waals surface area contributed by atoms with Gasteiger partial charge >= 0.3 is 6.03 Å². The van der Waals surface area contributed by atoms with E-state index in [4.69, 9.17) is 24.7 Å². The Morgan fingerprint density at radius 1 is 0.683 bits per heavy atom. The molecule has 2 atom stereocenters. The lowest BCUT2D eigenvalue weighted by Crippen LogP contribution is -2.54. The zero-order valence-electron chi connectivity index (χ0n) is 34.4. The van der Waals surface area contributed by atoms with Crippen LogP contribution in [0.1, 0.15) is 50.1 Å². The summed E-state index contributed by atoms with van der Waals surface area (Å²) in [6, 6.07) is 11.3. The minimum atomic E-state index is -0.975. The number of primary amides is 1. The maximum absolute atomic E-state index is 13.3. The summed E-state index contributed by atoms with van der Waals surface area (Å²) in [4.78, 5) is 62.6. The second kappa shape index (κ2) is 27.9. The van der Waals surface area contributed by atoms with Crippen LogP contribution in [0.5, 0.6) is 0 Å². The molecule has 3 rings (SSSR count). The summed E-state index contributed by atoms with van der Waals surface area (Å²) in [5.74, 6) is -0.924.